The Morgan fingerprint density at radius 1 is 1.05 bits per heavy atom. The van der Waals surface area contributed by atoms with Crippen LogP contribution in [0.1, 0.15) is 25.7 Å². The summed E-state index contributed by atoms with van der Waals surface area (Å²) in [5.41, 5.74) is 1.61. The largest absolute Gasteiger partial charge is 0.490 e. The third kappa shape index (κ3) is 2.33. The molecule has 0 bridgehead atoms. The molecule has 3 aromatic rings. The van der Waals surface area contributed by atoms with Crippen molar-refractivity contribution in [2.45, 2.75) is 31.8 Å². The van der Waals surface area contributed by atoms with Crippen molar-refractivity contribution >= 4 is 17.2 Å². The minimum atomic E-state index is 0.309. The number of halogens is 1. The fourth-order valence-corrected chi connectivity index (χ4v) is 3.21. The quantitative estimate of drug-likeness (QED) is 0.720. The Morgan fingerprint density at radius 2 is 1.86 bits per heavy atom. The summed E-state index contributed by atoms with van der Waals surface area (Å²) in [6.07, 6.45) is 6.97. The van der Waals surface area contributed by atoms with E-state index in [-0.39, 0.29) is 0 Å². The smallest absolute Gasteiger partial charge is 0.179 e. The number of aromatic nitrogens is 3. The average Bonchev–Trinajstić information content (AvgIpc) is 3.18. The van der Waals surface area contributed by atoms with E-state index in [1.165, 1.54) is 12.8 Å². The van der Waals surface area contributed by atoms with Gasteiger partial charge in [0.05, 0.1) is 16.7 Å². The van der Waals surface area contributed by atoms with E-state index in [0.717, 1.165) is 30.0 Å². The third-order valence-corrected chi connectivity index (χ3v) is 4.41. The van der Waals surface area contributed by atoms with Crippen LogP contribution in [0, 0.1) is 0 Å². The van der Waals surface area contributed by atoms with E-state index in [0.29, 0.717) is 16.8 Å². The van der Waals surface area contributed by atoms with Crippen molar-refractivity contribution in [1.29, 1.82) is 0 Å². The molecule has 5 heteroatoms. The van der Waals surface area contributed by atoms with Gasteiger partial charge in [0.2, 0.25) is 0 Å². The monoisotopic (exact) mass is 313 g/mol. The second-order valence-corrected chi connectivity index (χ2v) is 6.00. The number of hydrogen-bond donors (Lipinski definition) is 0. The van der Waals surface area contributed by atoms with Crippen molar-refractivity contribution in [2.75, 3.05) is 0 Å². The molecule has 112 valence electrons. The summed E-state index contributed by atoms with van der Waals surface area (Å²) in [7, 11) is 0. The van der Waals surface area contributed by atoms with Gasteiger partial charge in [0, 0.05) is 6.20 Å². The summed E-state index contributed by atoms with van der Waals surface area (Å²) < 4.78 is 8.10. The Balaban J connectivity index is 1.79. The molecule has 2 aromatic heterocycles. The number of rotatable bonds is 3. The SMILES string of the molecule is Clc1cccn2c(-c3ccccc3OC3CCCC3)nnc12. The molecular formula is C17H16ClN3O. The highest BCUT2D eigenvalue weighted by atomic mass is 35.5. The van der Waals surface area contributed by atoms with E-state index in [9.17, 15) is 0 Å². The van der Waals surface area contributed by atoms with Crippen LogP contribution in [0.2, 0.25) is 5.02 Å². The zero-order valence-corrected chi connectivity index (χ0v) is 12.8. The first kappa shape index (κ1) is 13.6. The highest BCUT2D eigenvalue weighted by Gasteiger charge is 2.20. The van der Waals surface area contributed by atoms with Crippen molar-refractivity contribution in [3.63, 3.8) is 0 Å². The Morgan fingerprint density at radius 3 is 2.73 bits per heavy atom. The zero-order chi connectivity index (χ0) is 14.9. The van der Waals surface area contributed by atoms with Gasteiger partial charge in [-0.1, -0.05) is 23.7 Å². The van der Waals surface area contributed by atoms with Crippen molar-refractivity contribution < 1.29 is 4.74 Å². The number of para-hydroxylation sites is 1. The molecule has 1 saturated carbocycles. The van der Waals surface area contributed by atoms with Gasteiger partial charge in [-0.15, -0.1) is 10.2 Å². The fourth-order valence-electron chi connectivity index (χ4n) is 3.01. The van der Waals surface area contributed by atoms with Crippen LogP contribution in [0.25, 0.3) is 17.0 Å². The molecule has 1 aliphatic rings. The fraction of sp³-hybridized carbons (Fsp3) is 0.294. The summed E-state index contributed by atoms with van der Waals surface area (Å²) in [6.45, 7) is 0. The number of pyridine rings is 1. The summed E-state index contributed by atoms with van der Waals surface area (Å²) in [5.74, 6) is 1.62. The minimum absolute atomic E-state index is 0.309. The molecule has 22 heavy (non-hydrogen) atoms. The van der Waals surface area contributed by atoms with Gasteiger partial charge in [0.25, 0.3) is 0 Å². The lowest BCUT2D eigenvalue weighted by atomic mass is 10.2. The van der Waals surface area contributed by atoms with Crippen LogP contribution in [-0.4, -0.2) is 20.7 Å². The number of hydrogen-bond acceptors (Lipinski definition) is 3. The van der Waals surface area contributed by atoms with Gasteiger partial charge in [-0.3, -0.25) is 4.40 Å². The molecule has 1 aromatic carbocycles. The maximum atomic E-state index is 6.20. The first-order valence-electron chi connectivity index (χ1n) is 7.58. The predicted molar refractivity (Wildman–Crippen MR) is 86.3 cm³/mol. The van der Waals surface area contributed by atoms with E-state index in [2.05, 4.69) is 10.2 Å². The lowest BCUT2D eigenvalue weighted by molar-refractivity contribution is 0.211. The second kappa shape index (κ2) is 5.61. The van der Waals surface area contributed by atoms with Crippen molar-refractivity contribution in [3.8, 4) is 17.1 Å². The van der Waals surface area contributed by atoms with Crippen LogP contribution in [0.15, 0.2) is 42.6 Å². The number of fused-ring (bicyclic) bond motifs is 1. The Hall–Kier alpha value is -2.07. The second-order valence-electron chi connectivity index (χ2n) is 5.59. The topological polar surface area (TPSA) is 39.4 Å². The summed E-state index contributed by atoms with van der Waals surface area (Å²) in [6, 6.07) is 11.7. The van der Waals surface area contributed by atoms with Crippen LogP contribution in [0.4, 0.5) is 0 Å². The molecule has 4 rings (SSSR count). The van der Waals surface area contributed by atoms with Crippen molar-refractivity contribution in [1.82, 2.24) is 14.6 Å². The molecule has 0 radical (unpaired) electrons. The lowest BCUT2D eigenvalue weighted by Crippen LogP contribution is -2.11. The Kier molecular flexibility index (Phi) is 3.47. The van der Waals surface area contributed by atoms with Gasteiger partial charge in [-0.25, -0.2) is 0 Å². The molecule has 0 saturated heterocycles. The van der Waals surface area contributed by atoms with E-state index in [1.54, 1.807) is 0 Å². The van der Waals surface area contributed by atoms with Gasteiger partial charge >= 0.3 is 0 Å². The molecule has 2 heterocycles. The third-order valence-electron chi connectivity index (χ3n) is 4.11. The molecular weight excluding hydrogens is 298 g/mol. The molecule has 1 aliphatic carbocycles. The molecule has 0 atom stereocenters. The molecule has 0 unspecified atom stereocenters. The van der Waals surface area contributed by atoms with Gasteiger partial charge in [0.1, 0.15) is 5.75 Å². The van der Waals surface area contributed by atoms with Gasteiger partial charge in [-0.2, -0.15) is 0 Å². The molecule has 0 N–H and O–H groups in total. The van der Waals surface area contributed by atoms with Gasteiger partial charge < -0.3 is 4.74 Å². The Bertz CT molecular complexity index is 809. The normalized spacial score (nSPS) is 15.5. The minimum Gasteiger partial charge on any atom is -0.490 e. The summed E-state index contributed by atoms with van der Waals surface area (Å²) >= 11 is 6.18. The summed E-state index contributed by atoms with van der Waals surface area (Å²) in [4.78, 5) is 0. The molecule has 0 aliphatic heterocycles. The Labute approximate surface area is 133 Å². The molecule has 0 amide bonds. The van der Waals surface area contributed by atoms with Crippen molar-refractivity contribution in [3.05, 3.63) is 47.6 Å². The number of benzene rings is 1. The highest BCUT2D eigenvalue weighted by molar-refractivity contribution is 6.33. The zero-order valence-electron chi connectivity index (χ0n) is 12.1. The van der Waals surface area contributed by atoms with Crippen LogP contribution in [0.3, 0.4) is 0 Å². The van der Waals surface area contributed by atoms with E-state index >= 15 is 0 Å². The maximum absolute atomic E-state index is 6.20. The molecule has 1 fully saturated rings. The van der Waals surface area contributed by atoms with Crippen LogP contribution in [0.5, 0.6) is 5.75 Å². The standard InChI is InChI=1S/C17H16ClN3O/c18-14-9-5-11-21-16(19-20-17(14)21)13-8-3-4-10-15(13)22-12-6-1-2-7-12/h3-5,8-12H,1-2,6-7H2. The van der Waals surface area contributed by atoms with E-state index in [4.69, 9.17) is 16.3 Å². The lowest BCUT2D eigenvalue weighted by Gasteiger charge is -2.15. The number of nitrogens with zero attached hydrogens (tertiary/aromatic N) is 3. The van der Waals surface area contributed by atoms with Crippen molar-refractivity contribution in [2.24, 2.45) is 0 Å². The van der Waals surface area contributed by atoms with Crippen LogP contribution >= 0.6 is 11.6 Å². The molecule has 0 spiro atoms. The van der Waals surface area contributed by atoms with E-state index in [1.807, 2.05) is 47.0 Å². The molecule has 4 nitrogen and oxygen atoms in total. The first-order chi connectivity index (χ1) is 10.8. The predicted octanol–water partition coefficient (Wildman–Crippen LogP) is 4.37. The summed E-state index contributed by atoms with van der Waals surface area (Å²) in [5, 5.41) is 9.10. The van der Waals surface area contributed by atoms with Crippen LogP contribution < -0.4 is 4.74 Å². The van der Waals surface area contributed by atoms with Gasteiger partial charge in [0.15, 0.2) is 11.5 Å². The van der Waals surface area contributed by atoms with Gasteiger partial charge in [-0.05, 0) is 49.9 Å². The van der Waals surface area contributed by atoms with Crippen LogP contribution in [-0.2, 0) is 0 Å². The number of ether oxygens (including phenoxy) is 1. The highest BCUT2D eigenvalue weighted by Crippen LogP contribution is 2.33. The average molecular weight is 314 g/mol. The van der Waals surface area contributed by atoms with E-state index < -0.39 is 0 Å². The first-order valence-corrected chi connectivity index (χ1v) is 7.96. The maximum Gasteiger partial charge on any atom is 0.179 e.